The number of pyridine rings is 1. The molecule has 3 aromatic heterocycles. The van der Waals surface area contributed by atoms with Crippen molar-refractivity contribution < 1.29 is 14.6 Å². The summed E-state index contributed by atoms with van der Waals surface area (Å²) in [6, 6.07) is 8.50. The van der Waals surface area contributed by atoms with Crippen LogP contribution in [-0.4, -0.2) is 56.6 Å². The Morgan fingerprint density at radius 3 is 2.62 bits per heavy atom. The summed E-state index contributed by atoms with van der Waals surface area (Å²) in [6.45, 7) is 7.72. The number of rotatable bonds is 6. The monoisotopic (exact) mass is 463 g/mol. The van der Waals surface area contributed by atoms with Gasteiger partial charge in [-0.2, -0.15) is 0 Å². The van der Waals surface area contributed by atoms with Gasteiger partial charge in [0.25, 0.3) is 0 Å². The van der Waals surface area contributed by atoms with Crippen LogP contribution >= 0.6 is 0 Å². The van der Waals surface area contributed by atoms with Gasteiger partial charge in [-0.05, 0) is 57.2 Å². The van der Waals surface area contributed by atoms with Gasteiger partial charge in [0.05, 0.1) is 46.2 Å². The van der Waals surface area contributed by atoms with Crippen molar-refractivity contribution in [3.8, 4) is 11.3 Å². The van der Waals surface area contributed by atoms with Crippen LogP contribution < -0.4 is 0 Å². The Labute approximate surface area is 199 Å². The molecule has 0 amide bonds. The third kappa shape index (κ3) is 3.89. The first-order valence-corrected chi connectivity index (χ1v) is 11.9. The molecule has 1 unspecified atom stereocenters. The number of fused-ring (bicyclic) bond motifs is 3. The van der Waals surface area contributed by atoms with E-state index in [1.165, 1.54) is 0 Å². The van der Waals surface area contributed by atoms with Crippen LogP contribution in [0.1, 0.15) is 44.0 Å². The predicted octanol–water partition coefficient (Wildman–Crippen LogP) is 4.13. The van der Waals surface area contributed by atoms with Gasteiger partial charge in [0, 0.05) is 44.5 Å². The van der Waals surface area contributed by atoms with E-state index in [9.17, 15) is 5.11 Å². The van der Waals surface area contributed by atoms with Crippen LogP contribution in [0.2, 0.25) is 0 Å². The zero-order valence-corrected chi connectivity index (χ0v) is 20.6. The summed E-state index contributed by atoms with van der Waals surface area (Å²) < 4.78 is 15.6. The van der Waals surface area contributed by atoms with E-state index in [-0.39, 0.29) is 6.04 Å². The van der Waals surface area contributed by atoms with Gasteiger partial charge in [-0.15, -0.1) is 5.10 Å². The summed E-state index contributed by atoms with van der Waals surface area (Å²) in [5.41, 5.74) is 5.79. The summed E-state index contributed by atoms with van der Waals surface area (Å²) in [5, 5.41) is 20.2. The Hall–Kier alpha value is -2.81. The van der Waals surface area contributed by atoms with Crippen molar-refractivity contribution in [2.24, 2.45) is 13.0 Å². The van der Waals surface area contributed by atoms with E-state index in [1.54, 1.807) is 11.8 Å². The molecule has 0 aliphatic carbocycles. The number of aryl methyl sites for hydroxylation is 2. The summed E-state index contributed by atoms with van der Waals surface area (Å²) >= 11 is 0. The molecule has 0 spiro atoms. The lowest BCUT2D eigenvalue weighted by Crippen LogP contribution is -2.29. The van der Waals surface area contributed by atoms with Crippen LogP contribution in [0.25, 0.3) is 33.2 Å². The van der Waals surface area contributed by atoms with Crippen molar-refractivity contribution in [3.63, 3.8) is 0 Å². The maximum absolute atomic E-state index is 10.8. The van der Waals surface area contributed by atoms with Gasteiger partial charge in [-0.1, -0.05) is 17.3 Å². The van der Waals surface area contributed by atoms with Gasteiger partial charge < -0.3 is 19.1 Å². The average molecular weight is 464 g/mol. The summed E-state index contributed by atoms with van der Waals surface area (Å²) in [7, 11) is 3.66. The number of hydrogen-bond donors (Lipinski definition) is 1. The maximum atomic E-state index is 10.8. The smallest absolute Gasteiger partial charge is 0.0960 e. The second kappa shape index (κ2) is 8.76. The van der Waals surface area contributed by atoms with Gasteiger partial charge in [0.15, 0.2) is 0 Å². The SMILES string of the molecule is COCC(C1CCOCC1)n1c2cc(C(C)(C)O)ccc2c2ncc(-c3c(C)nnn3C)cc21. The maximum Gasteiger partial charge on any atom is 0.0960 e. The van der Waals surface area contributed by atoms with Crippen LogP contribution in [0.5, 0.6) is 0 Å². The summed E-state index contributed by atoms with van der Waals surface area (Å²) in [4.78, 5) is 4.93. The van der Waals surface area contributed by atoms with Gasteiger partial charge in [0.1, 0.15) is 0 Å². The molecule has 1 atom stereocenters. The lowest BCUT2D eigenvalue weighted by Gasteiger charge is -2.32. The van der Waals surface area contributed by atoms with Crippen molar-refractivity contribution in [3.05, 3.63) is 41.7 Å². The van der Waals surface area contributed by atoms with Gasteiger partial charge in [-0.25, -0.2) is 4.68 Å². The zero-order valence-electron chi connectivity index (χ0n) is 20.6. The normalized spacial score (nSPS) is 16.5. The topological polar surface area (TPSA) is 87.2 Å². The molecule has 1 saturated heterocycles. The Morgan fingerprint density at radius 2 is 1.97 bits per heavy atom. The molecule has 5 rings (SSSR count). The van der Waals surface area contributed by atoms with E-state index in [4.69, 9.17) is 14.5 Å². The van der Waals surface area contributed by atoms with E-state index >= 15 is 0 Å². The Bertz CT molecular complexity index is 1310. The Morgan fingerprint density at radius 1 is 1.21 bits per heavy atom. The number of hydrogen-bond acceptors (Lipinski definition) is 6. The van der Waals surface area contributed by atoms with Crippen molar-refractivity contribution in [2.45, 2.75) is 45.3 Å². The zero-order chi connectivity index (χ0) is 24.0. The number of nitrogens with zero attached hydrogens (tertiary/aromatic N) is 5. The van der Waals surface area contributed by atoms with Gasteiger partial charge >= 0.3 is 0 Å². The molecular formula is C26H33N5O3. The van der Waals surface area contributed by atoms with Crippen LogP contribution in [0, 0.1) is 12.8 Å². The third-order valence-corrected chi connectivity index (χ3v) is 7.09. The second-order valence-electron chi connectivity index (χ2n) is 9.87. The minimum atomic E-state index is -0.943. The Kier molecular flexibility index (Phi) is 5.91. The highest BCUT2D eigenvalue weighted by atomic mass is 16.5. The third-order valence-electron chi connectivity index (χ3n) is 7.09. The highest BCUT2D eigenvalue weighted by Crippen LogP contribution is 2.39. The second-order valence-corrected chi connectivity index (χ2v) is 9.87. The van der Waals surface area contributed by atoms with Gasteiger partial charge in [0.2, 0.25) is 0 Å². The van der Waals surface area contributed by atoms with E-state index in [2.05, 4.69) is 33.1 Å². The lowest BCUT2D eigenvalue weighted by molar-refractivity contribution is 0.0311. The molecular weight excluding hydrogens is 430 g/mol. The quantitative estimate of drug-likeness (QED) is 0.463. The summed E-state index contributed by atoms with van der Waals surface area (Å²) in [5.74, 6) is 0.419. The van der Waals surface area contributed by atoms with Crippen LogP contribution in [0.15, 0.2) is 30.5 Å². The predicted molar refractivity (Wildman–Crippen MR) is 132 cm³/mol. The van der Waals surface area contributed by atoms with Crippen molar-refractivity contribution in [2.75, 3.05) is 26.9 Å². The molecule has 1 aromatic carbocycles. The highest BCUT2D eigenvalue weighted by molar-refractivity contribution is 6.07. The van der Waals surface area contributed by atoms with E-state index < -0.39 is 5.60 Å². The first-order valence-electron chi connectivity index (χ1n) is 11.9. The van der Waals surface area contributed by atoms with E-state index in [0.29, 0.717) is 12.5 Å². The van der Waals surface area contributed by atoms with Crippen LogP contribution in [-0.2, 0) is 22.1 Å². The molecule has 0 bridgehead atoms. The standard InChI is InChI=1S/C26H33N5O3/c1-16-25(30(4)29-28-16)18-12-22-24(27-14-18)20-7-6-19(26(2,3)32)13-21(20)31(22)23(15-33-5)17-8-10-34-11-9-17/h6-7,12-14,17,23,32H,8-11,15H2,1-5H3. The molecule has 0 saturated carbocycles. The molecule has 1 N–H and O–H groups in total. The van der Waals surface area contributed by atoms with Gasteiger partial charge in [-0.3, -0.25) is 4.98 Å². The molecule has 4 aromatic rings. The number of aromatic nitrogens is 5. The number of ether oxygens (including phenoxy) is 2. The number of aliphatic hydroxyl groups is 1. The number of benzene rings is 1. The summed E-state index contributed by atoms with van der Waals surface area (Å²) in [6.07, 6.45) is 3.87. The molecule has 180 valence electrons. The first-order chi connectivity index (χ1) is 16.3. The van der Waals surface area contributed by atoms with Crippen LogP contribution in [0.3, 0.4) is 0 Å². The molecule has 0 radical (unpaired) electrons. The largest absolute Gasteiger partial charge is 0.386 e. The minimum absolute atomic E-state index is 0.119. The molecule has 8 heteroatoms. The Balaban J connectivity index is 1.81. The van der Waals surface area contributed by atoms with E-state index in [0.717, 1.165) is 70.5 Å². The van der Waals surface area contributed by atoms with Crippen molar-refractivity contribution in [1.29, 1.82) is 0 Å². The van der Waals surface area contributed by atoms with E-state index in [1.807, 2.05) is 40.1 Å². The lowest BCUT2D eigenvalue weighted by atomic mass is 9.91. The average Bonchev–Trinajstić information content (AvgIpc) is 3.32. The number of methoxy groups -OCH3 is 1. The molecule has 34 heavy (non-hydrogen) atoms. The molecule has 1 aliphatic heterocycles. The molecule has 4 heterocycles. The fourth-order valence-electron chi connectivity index (χ4n) is 5.32. The highest BCUT2D eigenvalue weighted by Gasteiger charge is 2.30. The fraction of sp³-hybridized carbons (Fsp3) is 0.500. The minimum Gasteiger partial charge on any atom is -0.386 e. The van der Waals surface area contributed by atoms with Crippen LogP contribution in [0.4, 0.5) is 0 Å². The first kappa shape index (κ1) is 23.0. The molecule has 8 nitrogen and oxygen atoms in total. The van der Waals surface area contributed by atoms with Crippen molar-refractivity contribution in [1.82, 2.24) is 24.5 Å². The van der Waals surface area contributed by atoms with Crippen molar-refractivity contribution >= 4 is 21.9 Å². The molecule has 1 aliphatic rings. The fourth-order valence-corrected chi connectivity index (χ4v) is 5.32. The molecule has 1 fully saturated rings.